The fourth-order valence-corrected chi connectivity index (χ4v) is 2.65. The number of benzene rings is 2. The van der Waals surface area contributed by atoms with Gasteiger partial charge in [0.15, 0.2) is 5.78 Å². The zero-order valence-electron chi connectivity index (χ0n) is 11.6. The van der Waals surface area contributed by atoms with Crippen molar-refractivity contribution in [3.63, 3.8) is 0 Å². The summed E-state index contributed by atoms with van der Waals surface area (Å²) in [4.78, 5) is 12.4. The van der Waals surface area contributed by atoms with E-state index in [0.29, 0.717) is 21.8 Å². The van der Waals surface area contributed by atoms with Crippen LogP contribution in [0.1, 0.15) is 21.5 Å². The van der Waals surface area contributed by atoms with Crippen LogP contribution in [0.15, 0.2) is 42.5 Å². The standard InChI is InChI=1S/C15H14ClNO3S/c1-10-13(4-3-5-14(10)16)15(18)11-6-8-12(9-7-11)17-21(2,19)20/h3-9,17H,1-2H3. The Bertz CT molecular complexity index is 783. The van der Waals surface area contributed by atoms with Crippen LogP contribution < -0.4 is 4.72 Å². The summed E-state index contributed by atoms with van der Waals surface area (Å²) in [6, 6.07) is 11.4. The van der Waals surface area contributed by atoms with Gasteiger partial charge in [-0.2, -0.15) is 0 Å². The first-order chi connectivity index (χ1) is 9.78. The summed E-state index contributed by atoms with van der Waals surface area (Å²) in [6.45, 7) is 1.79. The highest BCUT2D eigenvalue weighted by Crippen LogP contribution is 2.22. The van der Waals surface area contributed by atoms with Crippen LogP contribution in [0.4, 0.5) is 5.69 Å². The van der Waals surface area contributed by atoms with Crippen molar-refractivity contribution < 1.29 is 13.2 Å². The number of halogens is 1. The second kappa shape index (κ2) is 5.87. The van der Waals surface area contributed by atoms with Gasteiger partial charge < -0.3 is 0 Å². The summed E-state index contributed by atoms with van der Waals surface area (Å²) in [7, 11) is -3.33. The first-order valence-corrected chi connectivity index (χ1v) is 8.42. The maximum Gasteiger partial charge on any atom is 0.229 e. The lowest BCUT2D eigenvalue weighted by Crippen LogP contribution is -2.10. The van der Waals surface area contributed by atoms with E-state index in [-0.39, 0.29) is 5.78 Å². The Labute approximate surface area is 128 Å². The van der Waals surface area contributed by atoms with Crippen LogP contribution in [0.2, 0.25) is 5.02 Å². The third-order valence-electron chi connectivity index (χ3n) is 2.96. The molecule has 21 heavy (non-hydrogen) atoms. The zero-order chi connectivity index (χ0) is 15.6. The van der Waals surface area contributed by atoms with Gasteiger partial charge in [0.1, 0.15) is 0 Å². The molecule has 0 aliphatic heterocycles. The maximum absolute atomic E-state index is 12.4. The van der Waals surface area contributed by atoms with E-state index in [2.05, 4.69) is 4.72 Å². The first kappa shape index (κ1) is 15.5. The minimum absolute atomic E-state index is 0.152. The van der Waals surface area contributed by atoms with Gasteiger partial charge in [0, 0.05) is 21.8 Å². The zero-order valence-corrected chi connectivity index (χ0v) is 13.1. The molecule has 0 spiro atoms. The highest BCUT2D eigenvalue weighted by molar-refractivity contribution is 7.92. The molecular formula is C15H14ClNO3S. The fraction of sp³-hybridized carbons (Fsp3) is 0.133. The Balaban J connectivity index is 2.30. The Morgan fingerprint density at radius 2 is 1.71 bits per heavy atom. The van der Waals surface area contributed by atoms with E-state index in [4.69, 9.17) is 11.6 Å². The molecule has 2 aromatic rings. The number of carbonyl (C=O) groups excluding carboxylic acids is 1. The molecule has 0 fully saturated rings. The van der Waals surface area contributed by atoms with Gasteiger partial charge in [-0.05, 0) is 42.8 Å². The van der Waals surface area contributed by atoms with Crippen molar-refractivity contribution in [2.45, 2.75) is 6.92 Å². The second-order valence-corrected chi connectivity index (χ2v) is 6.85. The predicted molar refractivity (Wildman–Crippen MR) is 84.5 cm³/mol. The van der Waals surface area contributed by atoms with E-state index in [0.717, 1.165) is 11.8 Å². The lowest BCUT2D eigenvalue weighted by molar-refractivity contribution is 0.103. The molecule has 1 N–H and O–H groups in total. The monoisotopic (exact) mass is 323 g/mol. The van der Waals surface area contributed by atoms with Crippen LogP contribution in [-0.2, 0) is 10.0 Å². The topological polar surface area (TPSA) is 63.2 Å². The van der Waals surface area contributed by atoms with Crippen LogP contribution in [0, 0.1) is 6.92 Å². The minimum Gasteiger partial charge on any atom is -0.289 e. The molecule has 2 aromatic carbocycles. The molecule has 4 nitrogen and oxygen atoms in total. The molecule has 0 atom stereocenters. The van der Waals surface area contributed by atoms with E-state index in [1.54, 1.807) is 49.4 Å². The fourth-order valence-electron chi connectivity index (χ4n) is 1.91. The molecule has 0 aliphatic carbocycles. The van der Waals surface area contributed by atoms with Gasteiger partial charge >= 0.3 is 0 Å². The molecule has 0 aliphatic rings. The van der Waals surface area contributed by atoms with Crippen molar-refractivity contribution in [2.24, 2.45) is 0 Å². The lowest BCUT2D eigenvalue weighted by Gasteiger charge is -2.08. The molecule has 6 heteroatoms. The van der Waals surface area contributed by atoms with E-state index in [9.17, 15) is 13.2 Å². The van der Waals surface area contributed by atoms with Crippen molar-refractivity contribution in [1.29, 1.82) is 0 Å². The molecule has 0 unspecified atom stereocenters. The average Bonchev–Trinajstić information content (AvgIpc) is 2.40. The first-order valence-electron chi connectivity index (χ1n) is 6.15. The molecule has 0 radical (unpaired) electrons. The lowest BCUT2D eigenvalue weighted by atomic mass is 9.99. The van der Waals surface area contributed by atoms with Crippen molar-refractivity contribution in [3.05, 3.63) is 64.2 Å². The smallest absolute Gasteiger partial charge is 0.229 e. The van der Waals surface area contributed by atoms with Gasteiger partial charge in [-0.1, -0.05) is 23.7 Å². The van der Waals surface area contributed by atoms with Crippen molar-refractivity contribution >= 4 is 33.1 Å². The summed E-state index contributed by atoms with van der Waals surface area (Å²) in [5, 5.41) is 0.538. The van der Waals surface area contributed by atoms with Gasteiger partial charge in [0.2, 0.25) is 10.0 Å². The number of hydrogen-bond donors (Lipinski definition) is 1. The van der Waals surface area contributed by atoms with Crippen molar-refractivity contribution in [3.8, 4) is 0 Å². The minimum atomic E-state index is -3.33. The number of sulfonamides is 1. The molecule has 0 saturated carbocycles. The number of carbonyl (C=O) groups is 1. The van der Waals surface area contributed by atoms with Crippen LogP contribution >= 0.6 is 11.6 Å². The van der Waals surface area contributed by atoms with Gasteiger partial charge in [-0.25, -0.2) is 8.42 Å². The van der Waals surface area contributed by atoms with E-state index in [1.807, 2.05) is 0 Å². The summed E-state index contributed by atoms with van der Waals surface area (Å²) < 4.78 is 24.6. The highest BCUT2D eigenvalue weighted by atomic mass is 35.5. The van der Waals surface area contributed by atoms with Gasteiger partial charge in [-0.3, -0.25) is 9.52 Å². The van der Waals surface area contributed by atoms with E-state index < -0.39 is 10.0 Å². The molecule has 0 amide bonds. The number of rotatable bonds is 4. The van der Waals surface area contributed by atoms with Crippen LogP contribution in [0.3, 0.4) is 0 Å². The van der Waals surface area contributed by atoms with Gasteiger partial charge in [0.25, 0.3) is 0 Å². The number of nitrogens with one attached hydrogen (secondary N) is 1. The largest absolute Gasteiger partial charge is 0.289 e. The predicted octanol–water partition coefficient (Wildman–Crippen LogP) is 3.25. The summed E-state index contributed by atoms with van der Waals surface area (Å²) in [6.07, 6.45) is 1.07. The average molecular weight is 324 g/mol. The Morgan fingerprint density at radius 1 is 1.10 bits per heavy atom. The molecule has 2 rings (SSSR count). The Hall–Kier alpha value is -1.85. The third kappa shape index (κ3) is 3.83. The van der Waals surface area contributed by atoms with Gasteiger partial charge in [-0.15, -0.1) is 0 Å². The molecular weight excluding hydrogens is 310 g/mol. The van der Waals surface area contributed by atoms with Crippen molar-refractivity contribution in [1.82, 2.24) is 0 Å². The van der Waals surface area contributed by atoms with Crippen LogP contribution in [-0.4, -0.2) is 20.5 Å². The van der Waals surface area contributed by atoms with Crippen molar-refractivity contribution in [2.75, 3.05) is 11.0 Å². The molecule has 0 aromatic heterocycles. The molecule has 110 valence electrons. The summed E-state index contributed by atoms with van der Waals surface area (Å²) >= 11 is 6.01. The number of hydrogen-bond acceptors (Lipinski definition) is 3. The Kier molecular flexibility index (Phi) is 4.34. The van der Waals surface area contributed by atoms with Gasteiger partial charge in [0.05, 0.1) is 6.26 Å². The molecule has 0 heterocycles. The number of ketones is 1. The summed E-state index contributed by atoms with van der Waals surface area (Å²) in [5.41, 5.74) is 2.14. The normalized spacial score (nSPS) is 11.2. The SMILES string of the molecule is Cc1c(Cl)cccc1C(=O)c1ccc(NS(C)(=O)=O)cc1. The maximum atomic E-state index is 12.4. The molecule has 0 bridgehead atoms. The van der Waals surface area contributed by atoms with E-state index >= 15 is 0 Å². The van der Waals surface area contributed by atoms with Crippen LogP contribution in [0.5, 0.6) is 0 Å². The summed E-state index contributed by atoms with van der Waals surface area (Å²) in [5.74, 6) is -0.152. The third-order valence-corrected chi connectivity index (χ3v) is 3.98. The molecule has 0 saturated heterocycles. The Morgan fingerprint density at radius 3 is 2.29 bits per heavy atom. The van der Waals surface area contributed by atoms with E-state index in [1.165, 1.54) is 0 Å². The quantitative estimate of drug-likeness (QED) is 0.878. The van der Waals surface area contributed by atoms with Crippen LogP contribution in [0.25, 0.3) is 0 Å². The highest BCUT2D eigenvalue weighted by Gasteiger charge is 2.13. The number of anilines is 1. The second-order valence-electron chi connectivity index (χ2n) is 4.69.